The fourth-order valence-electron chi connectivity index (χ4n) is 3.18. The molecular weight excluding hydrogens is 248 g/mol. The number of para-hydroxylation sites is 1. The number of rotatable bonds is 6. The summed E-state index contributed by atoms with van der Waals surface area (Å²) in [5.41, 5.74) is 1.28. The first-order chi connectivity index (χ1) is 9.74. The van der Waals surface area contributed by atoms with Gasteiger partial charge in [-0.15, -0.1) is 0 Å². The first-order valence-electron chi connectivity index (χ1n) is 7.79. The largest absolute Gasteiger partial charge is 0.496 e. The number of methoxy groups -OCH3 is 1. The number of piperidine rings is 1. The Morgan fingerprint density at radius 3 is 2.90 bits per heavy atom. The van der Waals surface area contributed by atoms with E-state index in [1.165, 1.54) is 31.5 Å². The van der Waals surface area contributed by atoms with Gasteiger partial charge < -0.3 is 15.0 Å². The minimum Gasteiger partial charge on any atom is -0.496 e. The van der Waals surface area contributed by atoms with E-state index >= 15 is 0 Å². The van der Waals surface area contributed by atoms with Crippen LogP contribution in [0.15, 0.2) is 24.3 Å². The third kappa shape index (κ3) is 3.97. The van der Waals surface area contributed by atoms with Crippen molar-refractivity contribution in [3.63, 3.8) is 0 Å². The fourth-order valence-corrected chi connectivity index (χ4v) is 3.18. The van der Waals surface area contributed by atoms with Crippen LogP contribution in [0, 0.1) is 5.92 Å². The van der Waals surface area contributed by atoms with Crippen molar-refractivity contribution >= 4 is 0 Å². The van der Waals surface area contributed by atoms with Crippen LogP contribution in [0.25, 0.3) is 0 Å². The van der Waals surface area contributed by atoms with Crippen LogP contribution < -0.4 is 10.1 Å². The molecule has 0 radical (unpaired) electrons. The lowest BCUT2D eigenvalue weighted by Crippen LogP contribution is -2.38. The van der Waals surface area contributed by atoms with Crippen molar-refractivity contribution in [1.29, 1.82) is 0 Å². The molecule has 20 heavy (non-hydrogen) atoms. The van der Waals surface area contributed by atoms with E-state index in [9.17, 15) is 0 Å². The molecule has 2 atom stereocenters. The molecule has 1 aromatic rings. The summed E-state index contributed by atoms with van der Waals surface area (Å²) in [6.45, 7) is 5.80. The minimum atomic E-state index is 0.387. The Hall–Kier alpha value is -1.06. The van der Waals surface area contributed by atoms with Crippen LogP contribution in [-0.4, -0.2) is 38.7 Å². The minimum absolute atomic E-state index is 0.387. The predicted octanol–water partition coefficient (Wildman–Crippen LogP) is 3.08. The summed E-state index contributed by atoms with van der Waals surface area (Å²) in [5, 5.41) is 3.74. The van der Waals surface area contributed by atoms with E-state index in [1.807, 2.05) is 12.1 Å². The summed E-state index contributed by atoms with van der Waals surface area (Å²) in [4.78, 5) is 2.44. The fraction of sp³-hybridized carbons (Fsp3) is 0.647. The summed E-state index contributed by atoms with van der Waals surface area (Å²) in [5.74, 6) is 1.77. The highest BCUT2D eigenvalue weighted by atomic mass is 16.5. The first kappa shape index (κ1) is 15.3. The van der Waals surface area contributed by atoms with E-state index in [-0.39, 0.29) is 0 Å². The maximum Gasteiger partial charge on any atom is 0.123 e. The molecule has 0 bridgehead atoms. The van der Waals surface area contributed by atoms with Gasteiger partial charge >= 0.3 is 0 Å². The van der Waals surface area contributed by atoms with E-state index in [2.05, 4.69) is 36.3 Å². The number of nitrogens with one attached hydrogen (secondary N) is 1. The lowest BCUT2D eigenvalue weighted by atomic mass is 9.97. The lowest BCUT2D eigenvalue weighted by molar-refractivity contribution is 0.202. The van der Waals surface area contributed by atoms with Gasteiger partial charge in [0.1, 0.15) is 5.75 Å². The van der Waals surface area contributed by atoms with E-state index in [4.69, 9.17) is 4.74 Å². The van der Waals surface area contributed by atoms with Gasteiger partial charge in [0.05, 0.1) is 7.11 Å². The molecule has 0 aromatic heterocycles. The Morgan fingerprint density at radius 2 is 2.20 bits per heavy atom. The highest BCUT2D eigenvalue weighted by molar-refractivity contribution is 5.35. The summed E-state index contributed by atoms with van der Waals surface area (Å²) >= 11 is 0. The van der Waals surface area contributed by atoms with Gasteiger partial charge in [0, 0.05) is 18.2 Å². The van der Waals surface area contributed by atoms with Crippen LogP contribution in [0.1, 0.15) is 37.8 Å². The highest BCUT2D eigenvalue weighted by Gasteiger charge is 2.19. The number of hydrogen-bond donors (Lipinski definition) is 1. The highest BCUT2D eigenvalue weighted by Crippen LogP contribution is 2.27. The molecule has 1 aliphatic heterocycles. The molecule has 0 aliphatic carbocycles. The normalized spacial score (nSPS) is 21.6. The van der Waals surface area contributed by atoms with E-state index in [0.717, 1.165) is 24.6 Å². The summed E-state index contributed by atoms with van der Waals surface area (Å²) in [6.07, 6.45) is 3.76. The zero-order chi connectivity index (χ0) is 14.4. The lowest BCUT2D eigenvalue weighted by Gasteiger charge is -2.31. The van der Waals surface area contributed by atoms with Gasteiger partial charge in [0.15, 0.2) is 0 Å². The van der Waals surface area contributed by atoms with Gasteiger partial charge in [-0.25, -0.2) is 0 Å². The number of benzene rings is 1. The second kappa shape index (κ2) is 7.65. The molecule has 3 nitrogen and oxygen atoms in total. The molecule has 3 heteroatoms. The van der Waals surface area contributed by atoms with E-state index in [1.54, 1.807) is 7.11 Å². The zero-order valence-corrected chi connectivity index (χ0v) is 13.1. The Morgan fingerprint density at radius 1 is 1.40 bits per heavy atom. The molecule has 1 heterocycles. The molecule has 1 fully saturated rings. The Balaban J connectivity index is 1.95. The van der Waals surface area contributed by atoms with Crippen LogP contribution in [0.3, 0.4) is 0 Å². The standard InChI is InChI=1S/C17H28N2O/c1-4-16(15-9-5-6-10-17(15)20-3)18-12-14-8-7-11-19(2)13-14/h5-6,9-10,14,16,18H,4,7-8,11-13H2,1-3H3. The number of ether oxygens (including phenoxy) is 1. The molecule has 1 saturated heterocycles. The van der Waals surface area contributed by atoms with Gasteiger partial charge in [0.25, 0.3) is 0 Å². The summed E-state index contributed by atoms with van der Waals surface area (Å²) < 4.78 is 5.49. The van der Waals surface area contributed by atoms with Crippen molar-refractivity contribution in [3.05, 3.63) is 29.8 Å². The number of likely N-dealkylation sites (tertiary alicyclic amines) is 1. The number of nitrogens with zero attached hydrogens (tertiary/aromatic N) is 1. The molecule has 0 saturated carbocycles. The molecule has 1 aromatic carbocycles. The average molecular weight is 276 g/mol. The summed E-state index contributed by atoms with van der Waals surface area (Å²) in [6, 6.07) is 8.74. The SMILES string of the molecule is CCC(NCC1CCCN(C)C1)c1ccccc1OC. The average Bonchev–Trinajstić information content (AvgIpc) is 2.48. The maximum absolute atomic E-state index is 5.49. The second-order valence-electron chi connectivity index (χ2n) is 5.88. The third-order valence-corrected chi connectivity index (χ3v) is 4.30. The van der Waals surface area contributed by atoms with Gasteiger partial charge in [0.2, 0.25) is 0 Å². The molecule has 2 rings (SSSR count). The zero-order valence-electron chi connectivity index (χ0n) is 13.1. The third-order valence-electron chi connectivity index (χ3n) is 4.30. The molecule has 0 spiro atoms. The smallest absolute Gasteiger partial charge is 0.123 e. The summed E-state index contributed by atoms with van der Waals surface area (Å²) in [7, 11) is 3.98. The molecule has 2 unspecified atom stereocenters. The number of hydrogen-bond acceptors (Lipinski definition) is 3. The van der Waals surface area contributed by atoms with Crippen molar-refractivity contribution in [2.45, 2.75) is 32.2 Å². The Bertz CT molecular complexity index is 408. The van der Waals surface area contributed by atoms with Crippen LogP contribution in [0.4, 0.5) is 0 Å². The van der Waals surface area contributed by atoms with Gasteiger partial charge in [-0.3, -0.25) is 0 Å². The van der Waals surface area contributed by atoms with Crippen molar-refractivity contribution in [2.75, 3.05) is 33.8 Å². The molecule has 0 amide bonds. The monoisotopic (exact) mass is 276 g/mol. The van der Waals surface area contributed by atoms with Gasteiger partial charge in [-0.1, -0.05) is 25.1 Å². The quantitative estimate of drug-likeness (QED) is 0.864. The Kier molecular flexibility index (Phi) is 5.86. The molecule has 1 aliphatic rings. The van der Waals surface area contributed by atoms with Gasteiger partial charge in [-0.05, 0) is 51.4 Å². The van der Waals surface area contributed by atoms with Crippen molar-refractivity contribution in [3.8, 4) is 5.75 Å². The van der Waals surface area contributed by atoms with Gasteiger partial charge in [-0.2, -0.15) is 0 Å². The van der Waals surface area contributed by atoms with Crippen molar-refractivity contribution < 1.29 is 4.74 Å². The molecular formula is C17H28N2O. The predicted molar refractivity (Wildman–Crippen MR) is 84.2 cm³/mol. The van der Waals surface area contributed by atoms with Crippen LogP contribution in [0.5, 0.6) is 5.75 Å². The van der Waals surface area contributed by atoms with Crippen molar-refractivity contribution in [2.24, 2.45) is 5.92 Å². The van der Waals surface area contributed by atoms with Crippen molar-refractivity contribution in [1.82, 2.24) is 10.2 Å². The Labute approximate surface area is 123 Å². The molecule has 1 N–H and O–H groups in total. The van der Waals surface area contributed by atoms with E-state index in [0.29, 0.717) is 6.04 Å². The van der Waals surface area contributed by atoms with Crippen LogP contribution in [-0.2, 0) is 0 Å². The van der Waals surface area contributed by atoms with Crippen LogP contribution >= 0.6 is 0 Å². The molecule has 112 valence electrons. The first-order valence-corrected chi connectivity index (χ1v) is 7.79. The maximum atomic E-state index is 5.49. The van der Waals surface area contributed by atoms with E-state index < -0.39 is 0 Å². The topological polar surface area (TPSA) is 24.5 Å². The second-order valence-corrected chi connectivity index (χ2v) is 5.88. The van der Waals surface area contributed by atoms with Crippen LogP contribution in [0.2, 0.25) is 0 Å².